The molecule has 0 bridgehead atoms. The van der Waals surface area contributed by atoms with E-state index in [4.69, 9.17) is 24.1 Å². The molecule has 0 spiro atoms. The van der Waals surface area contributed by atoms with Crippen LogP contribution in [0.1, 0.15) is 13.8 Å². The summed E-state index contributed by atoms with van der Waals surface area (Å²) < 4.78 is 27.0. The molecule has 2 aliphatic heterocycles. The molecule has 0 saturated carbocycles. The summed E-state index contributed by atoms with van der Waals surface area (Å²) in [7, 11) is 1.28. The van der Waals surface area contributed by atoms with E-state index in [9.17, 15) is 9.90 Å². The number of aliphatic hydroxyl groups excluding tert-OH is 2. The van der Waals surface area contributed by atoms with Crippen LogP contribution in [0, 0.1) is 0 Å². The maximum Gasteiger partial charge on any atom is 0.330 e. The lowest BCUT2D eigenvalue weighted by Gasteiger charge is -2.27. The molecule has 2 saturated heterocycles. The summed E-state index contributed by atoms with van der Waals surface area (Å²) in [6.07, 6.45) is -0.985. The molecule has 2 fully saturated rings. The van der Waals surface area contributed by atoms with Crippen LogP contribution in [0.15, 0.2) is 12.2 Å². The van der Waals surface area contributed by atoms with Gasteiger partial charge in [0.25, 0.3) is 0 Å². The van der Waals surface area contributed by atoms with Crippen LogP contribution in [0.3, 0.4) is 0 Å². The molecule has 2 heterocycles. The highest BCUT2D eigenvalue weighted by Gasteiger charge is 2.56. The number of esters is 1. The van der Waals surface area contributed by atoms with E-state index in [1.807, 2.05) is 0 Å². The molecule has 0 amide bonds. The highest BCUT2D eigenvalue weighted by Crippen LogP contribution is 2.39. The van der Waals surface area contributed by atoms with E-state index in [1.54, 1.807) is 13.8 Å². The number of hydrogen-bond donors (Lipinski definition) is 2. The standard InChI is InChI=1S/C14H22O8/c1-14(2)21-12-11(19-6-4-5-9(17)18-3)10(8(16)7-15)20-13(12)22-14/h4-5,8,10-13,15-16H,6-7H2,1-3H3/b5-4+/t8-,10-,11+,12-,13-/m1/s1. The number of ether oxygens (including phenoxy) is 5. The van der Waals surface area contributed by atoms with Gasteiger partial charge < -0.3 is 33.9 Å². The highest BCUT2D eigenvalue weighted by atomic mass is 16.8. The third-order valence-corrected chi connectivity index (χ3v) is 3.43. The topological polar surface area (TPSA) is 104 Å². The first-order chi connectivity index (χ1) is 10.4. The van der Waals surface area contributed by atoms with Crippen LogP contribution in [0.4, 0.5) is 0 Å². The maximum absolute atomic E-state index is 11.0. The molecule has 2 aliphatic rings. The fraction of sp³-hybridized carbons (Fsp3) is 0.786. The lowest BCUT2D eigenvalue weighted by molar-refractivity contribution is -0.230. The number of aliphatic hydroxyl groups is 2. The first-order valence-corrected chi connectivity index (χ1v) is 7.04. The summed E-state index contributed by atoms with van der Waals surface area (Å²) in [6.45, 7) is 3.14. The third-order valence-electron chi connectivity index (χ3n) is 3.43. The number of carbonyl (C=O) groups is 1. The molecule has 8 nitrogen and oxygen atoms in total. The van der Waals surface area contributed by atoms with Gasteiger partial charge >= 0.3 is 5.97 Å². The van der Waals surface area contributed by atoms with Gasteiger partial charge in [0.15, 0.2) is 12.1 Å². The van der Waals surface area contributed by atoms with Gasteiger partial charge in [-0.05, 0) is 13.8 Å². The van der Waals surface area contributed by atoms with Crippen molar-refractivity contribution in [1.82, 2.24) is 0 Å². The van der Waals surface area contributed by atoms with Crippen molar-refractivity contribution in [3.63, 3.8) is 0 Å². The largest absolute Gasteiger partial charge is 0.466 e. The van der Waals surface area contributed by atoms with Crippen LogP contribution in [0.5, 0.6) is 0 Å². The number of rotatable bonds is 6. The summed E-state index contributed by atoms with van der Waals surface area (Å²) >= 11 is 0. The predicted molar refractivity (Wildman–Crippen MR) is 72.7 cm³/mol. The average molecular weight is 318 g/mol. The highest BCUT2D eigenvalue weighted by molar-refractivity contribution is 5.81. The van der Waals surface area contributed by atoms with E-state index in [-0.39, 0.29) is 6.61 Å². The number of methoxy groups -OCH3 is 1. The van der Waals surface area contributed by atoms with E-state index >= 15 is 0 Å². The summed E-state index contributed by atoms with van der Waals surface area (Å²) in [6, 6.07) is 0. The summed E-state index contributed by atoms with van der Waals surface area (Å²) in [5.41, 5.74) is 0. The van der Waals surface area contributed by atoms with E-state index < -0.39 is 49.1 Å². The van der Waals surface area contributed by atoms with Crippen molar-refractivity contribution in [1.29, 1.82) is 0 Å². The Balaban J connectivity index is 1.99. The lowest BCUT2D eigenvalue weighted by atomic mass is 10.1. The van der Waals surface area contributed by atoms with Crippen LogP contribution in [-0.4, -0.2) is 73.0 Å². The third kappa shape index (κ3) is 3.83. The van der Waals surface area contributed by atoms with Crippen molar-refractivity contribution < 1.29 is 38.7 Å². The van der Waals surface area contributed by atoms with Gasteiger partial charge in [-0.1, -0.05) is 6.08 Å². The Kier molecular flexibility index (Phi) is 5.54. The molecule has 126 valence electrons. The van der Waals surface area contributed by atoms with Gasteiger partial charge in [-0.15, -0.1) is 0 Å². The fourth-order valence-electron chi connectivity index (χ4n) is 2.49. The monoisotopic (exact) mass is 318 g/mol. The molecule has 0 aromatic carbocycles. The zero-order valence-electron chi connectivity index (χ0n) is 12.8. The first-order valence-electron chi connectivity index (χ1n) is 7.04. The Morgan fingerprint density at radius 2 is 2.14 bits per heavy atom. The summed E-state index contributed by atoms with van der Waals surface area (Å²) in [5, 5.41) is 19.0. The molecule has 22 heavy (non-hydrogen) atoms. The van der Waals surface area contributed by atoms with Gasteiger partial charge in [-0.2, -0.15) is 0 Å². The molecule has 0 radical (unpaired) electrons. The van der Waals surface area contributed by atoms with Gasteiger partial charge in [0.05, 0.1) is 20.3 Å². The number of carbonyl (C=O) groups excluding carboxylic acids is 1. The molecule has 0 aliphatic carbocycles. The molecule has 5 atom stereocenters. The van der Waals surface area contributed by atoms with Crippen molar-refractivity contribution in [2.75, 3.05) is 20.3 Å². The van der Waals surface area contributed by atoms with Crippen molar-refractivity contribution in [3.8, 4) is 0 Å². The molecule has 2 rings (SSSR count). The smallest absolute Gasteiger partial charge is 0.330 e. The van der Waals surface area contributed by atoms with Crippen LogP contribution in [-0.2, 0) is 28.5 Å². The minimum atomic E-state index is -1.12. The first kappa shape index (κ1) is 17.3. The second-order valence-corrected chi connectivity index (χ2v) is 5.54. The Bertz CT molecular complexity index is 421. The molecule has 0 unspecified atom stereocenters. The molecular weight excluding hydrogens is 296 g/mol. The molecular formula is C14H22O8. The van der Waals surface area contributed by atoms with E-state index in [1.165, 1.54) is 19.3 Å². The summed E-state index contributed by atoms with van der Waals surface area (Å²) in [5.74, 6) is -1.30. The van der Waals surface area contributed by atoms with E-state index in [0.29, 0.717) is 0 Å². The Labute approximate surface area is 128 Å². The number of hydrogen-bond acceptors (Lipinski definition) is 8. The number of fused-ring (bicyclic) bond motifs is 1. The quantitative estimate of drug-likeness (QED) is 0.491. The minimum absolute atomic E-state index is 0.102. The Morgan fingerprint density at radius 3 is 2.77 bits per heavy atom. The Hall–Kier alpha value is -1.03. The second kappa shape index (κ2) is 7.03. The van der Waals surface area contributed by atoms with Crippen LogP contribution in [0.25, 0.3) is 0 Å². The van der Waals surface area contributed by atoms with Crippen molar-refractivity contribution in [2.24, 2.45) is 0 Å². The van der Waals surface area contributed by atoms with Gasteiger partial charge in [-0.25, -0.2) is 4.79 Å². The van der Waals surface area contributed by atoms with Gasteiger partial charge in [0.2, 0.25) is 0 Å². The Morgan fingerprint density at radius 1 is 1.41 bits per heavy atom. The van der Waals surface area contributed by atoms with Gasteiger partial charge in [0, 0.05) is 6.08 Å². The SMILES string of the molecule is COC(=O)/C=C/CO[C@@H]1[C@H]2OC(C)(C)O[C@H]2O[C@@H]1[C@H](O)CO. The second-order valence-electron chi connectivity index (χ2n) is 5.54. The van der Waals surface area contributed by atoms with Crippen molar-refractivity contribution >= 4 is 5.97 Å². The van der Waals surface area contributed by atoms with Crippen LogP contribution < -0.4 is 0 Å². The van der Waals surface area contributed by atoms with Gasteiger partial charge in [-0.3, -0.25) is 0 Å². The van der Waals surface area contributed by atoms with Gasteiger partial charge in [0.1, 0.15) is 24.4 Å². The van der Waals surface area contributed by atoms with Crippen molar-refractivity contribution in [2.45, 2.75) is 50.3 Å². The lowest BCUT2D eigenvalue weighted by Crippen LogP contribution is -2.44. The van der Waals surface area contributed by atoms with E-state index in [0.717, 1.165) is 0 Å². The molecule has 0 aromatic heterocycles. The van der Waals surface area contributed by atoms with Crippen LogP contribution >= 0.6 is 0 Å². The molecule has 8 heteroatoms. The molecule has 2 N–H and O–H groups in total. The maximum atomic E-state index is 11.0. The zero-order chi connectivity index (χ0) is 16.3. The summed E-state index contributed by atoms with van der Waals surface area (Å²) in [4.78, 5) is 11.0. The predicted octanol–water partition coefficient (Wildman–Crippen LogP) is -0.670. The normalized spacial score (nSPS) is 34.8. The minimum Gasteiger partial charge on any atom is -0.466 e. The molecule has 0 aromatic rings. The average Bonchev–Trinajstić information content (AvgIpc) is 2.94. The van der Waals surface area contributed by atoms with Crippen LogP contribution in [0.2, 0.25) is 0 Å². The van der Waals surface area contributed by atoms with E-state index in [2.05, 4.69) is 4.74 Å². The van der Waals surface area contributed by atoms with Crippen molar-refractivity contribution in [3.05, 3.63) is 12.2 Å². The zero-order valence-corrected chi connectivity index (χ0v) is 12.8. The fourth-order valence-corrected chi connectivity index (χ4v) is 2.49.